The molecule has 1 aliphatic rings. The molecule has 2 rings (SSSR count). The lowest BCUT2D eigenvalue weighted by atomic mass is 9.94. The Hall–Kier alpha value is -3.34. The van der Waals surface area contributed by atoms with Crippen LogP contribution < -0.4 is 10.6 Å². The van der Waals surface area contributed by atoms with E-state index in [4.69, 9.17) is 4.74 Å². The summed E-state index contributed by atoms with van der Waals surface area (Å²) in [5, 5.41) is 15.1. The molecule has 2 N–H and O–H groups in total. The van der Waals surface area contributed by atoms with Gasteiger partial charge in [-0.15, -0.1) is 0 Å². The average molecular weight is 469 g/mol. The van der Waals surface area contributed by atoms with Crippen LogP contribution in [0.25, 0.3) is 6.08 Å². The maximum Gasteiger partial charge on any atom is 0.408 e. The minimum absolute atomic E-state index is 0.0303. The number of hydrogen-bond donors (Lipinski definition) is 2. The molecule has 0 aliphatic heterocycles. The summed E-state index contributed by atoms with van der Waals surface area (Å²) >= 11 is 0. The highest BCUT2D eigenvalue weighted by Crippen LogP contribution is 2.25. The normalized spacial score (nSPS) is 15.9. The van der Waals surface area contributed by atoms with E-state index in [2.05, 4.69) is 17.2 Å². The van der Waals surface area contributed by atoms with Crippen LogP contribution >= 0.6 is 0 Å². The van der Waals surface area contributed by atoms with Gasteiger partial charge >= 0.3 is 6.09 Å². The highest BCUT2D eigenvalue weighted by atomic mass is 16.6. The number of hydrogen-bond acceptors (Lipinski definition) is 5. The molecule has 0 spiro atoms. The van der Waals surface area contributed by atoms with Gasteiger partial charge in [0.15, 0.2) is 0 Å². The first-order valence-electron chi connectivity index (χ1n) is 11.8. The predicted molar refractivity (Wildman–Crippen MR) is 130 cm³/mol. The molecule has 2 unspecified atom stereocenters. The lowest BCUT2D eigenvalue weighted by molar-refractivity contribution is -0.141. The molecule has 0 bridgehead atoms. The first-order chi connectivity index (χ1) is 16.1. The second-order valence-corrected chi connectivity index (χ2v) is 9.61. The Kier molecular flexibility index (Phi) is 9.67. The third kappa shape index (κ3) is 7.91. The number of carbonyl (C=O) groups is 3. The van der Waals surface area contributed by atoms with Crippen molar-refractivity contribution in [3.05, 3.63) is 42.0 Å². The minimum atomic E-state index is -1.03. The SMILES string of the molecule is C=Cc1cccc(C(C(=O)NC2CCCCC2)N(CC#N)C(=O)C(C)NC(=O)OC(C)(C)C)c1. The first-order valence-corrected chi connectivity index (χ1v) is 11.8. The molecule has 1 aromatic carbocycles. The van der Waals surface area contributed by atoms with E-state index in [-0.39, 0.29) is 18.5 Å². The van der Waals surface area contributed by atoms with Crippen molar-refractivity contribution in [3.8, 4) is 6.07 Å². The zero-order chi connectivity index (χ0) is 25.3. The van der Waals surface area contributed by atoms with E-state index in [9.17, 15) is 19.6 Å². The molecule has 1 aliphatic carbocycles. The van der Waals surface area contributed by atoms with Crippen molar-refractivity contribution < 1.29 is 19.1 Å². The van der Waals surface area contributed by atoms with Crippen LogP contribution in [0.5, 0.6) is 0 Å². The summed E-state index contributed by atoms with van der Waals surface area (Å²) in [5.74, 6) is -0.901. The molecule has 0 radical (unpaired) electrons. The topological polar surface area (TPSA) is 112 Å². The molecule has 1 aromatic rings. The number of nitrogens with zero attached hydrogens (tertiary/aromatic N) is 2. The number of carbonyl (C=O) groups excluding carboxylic acids is 3. The van der Waals surface area contributed by atoms with E-state index in [1.54, 1.807) is 45.0 Å². The number of alkyl carbamates (subject to hydrolysis) is 1. The zero-order valence-electron chi connectivity index (χ0n) is 20.6. The summed E-state index contributed by atoms with van der Waals surface area (Å²) < 4.78 is 5.25. The van der Waals surface area contributed by atoms with Crippen LogP contribution in [0.2, 0.25) is 0 Å². The van der Waals surface area contributed by atoms with Crippen LogP contribution in [0.1, 0.15) is 77.0 Å². The average Bonchev–Trinajstić information content (AvgIpc) is 2.77. The van der Waals surface area contributed by atoms with E-state index in [1.165, 1.54) is 11.8 Å². The number of rotatable bonds is 8. The smallest absolute Gasteiger partial charge is 0.408 e. The molecule has 34 heavy (non-hydrogen) atoms. The van der Waals surface area contributed by atoms with Crippen LogP contribution in [-0.2, 0) is 14.3 Å². The van der Waals surface area contributed by atoms with Gasteiger partial charge in [-0.2, -0.15) is 5.26 Å². The van der Waals surface area contributed by atoms with Gasteiger partial charge in [0, 0.05) is 6.04 Å². The molecule has 0 heterocycles. The van der Waals surface area contributed by atoms with Crippen molar-refractivity contribution in [2.45, 2.75) is 83.5 Å². The van der Waals surface area contributed by atoms with Crippen molar-refractivity contribution in [2.75, 3.05) is 6.54 Å². The Bertz CT molecular complexity index is 925. The fourth-order valence-corrected chi connectivity index (χ4v) is 4.02. The van der Waals surface area contributed by atoms with Crippen LogP contribution in [-0.4, -0.2) is 47.0 Å². The number of benzene rings is 1. The van der Waals surface area contributed by atoms with E-state index in [1.807, 2.05) is 12.1 Å². The summed E-state index contributed by atoms with van der Waals surface area (Å²) in [7, 11) is 0. The molecule has 0 aromatic heterocycles. The van der Waals surface area contributed by atoms with Gasteiger partial charge < -0.3 is 20.3 Å². The maximum atomic E-state index is 13.5. The quantitative estimate of drug-likeness (QED) is 0.558. The van der Waals surface area contributed by atoms with Crippen LogP contribution in [0.15, 0.2) is 30.8 Å². The third-order valence-electron chi connectivity index (χ3n) is 5.60. The summed E-state index contributed by atoms with van der Waals surface area (Å²) in [5.41, 5.74) is 0.628. The van der Waals surface area contributed by atoms with Gasteiger partial charge in [0.05, 0.1) is 6.07 Å². The Balaban J connectivity index is 2.35. The molecule has 1 saturated carbocycles. The summed E-state index contributed by atoms with van der Waals surface area (Å²) in [6, 6.07) is 7.15. The van der Waals surface area contributed by atoms with Crippen LogP contribution in [0.4, 0.5) is 4.79 Å². The first kappa shape index (κ1) is 26.9. The summed E-state index contributed by atoms with van der Waals surface area (Å²) in [6.07, 6.45) is 5.90. The molecule has 8 nitrogen and oxygen atoms in total. The van der Waals surface area contributed by atoms with E-state index in [0.29, 0.717) is 5.56 Å². The Labute approximate surface area is 202 Å². The van der Waals surface area contributed by atoms with Gasteiger partial charge in [-0.05, 0) is 57.7 Å². The summed E-state index contributed by atoms with van der Waals surface area (Å²) in [6.45, 7) is 10.1. The molecule has 3 amide bonds. The van der Waals surface area contributed by atoms with Crippen LogP contribution in [0, 0.1) is 11.3 Å². The highest BCUT2D eigenvalue weighted by molar-refractivity contribution is 5.92. The van der Waals surface area contributed by atoms with Crippen molar-refractivity contribution in [3.63, 3.8) is 0 Å². The van der Waals surface area contributed by atoms with Gasteiger partial charge in [-0.1, -0.05) is 50.1 Å². The van der Waals surface area contributed by atoms with Gasteiger partial charge in [0.25, 0.3) is 0 Å². The number of nitriles is 1. The lowest BCUT2D eigenvalue weighted by Crippen LogP contribution is -2.53. The maximum absolute atomic E-state index is 13.5. The van der Waals surface area contributed by atoms with Crippen molar-refractivity contribution in [1.29, 1.82) is 5.26 Å². The van der Waals surface area contributed by atoms with Crippen LogP contribution in [0.3, 0.4) is 0 Å². The fraction of sp³-hybridized carbons (Fsp3) is 0.538. The largest absolute Gasteiger partial charge is 0.444 e. The fourth-order valence-electron chi connectivity index (χ4n) is 4.02. The summed E-state index contributed by atoms with van der Waals surface area (Å²) in [4.78, 5) is 40.3. The van der Waals surface area contributed by atoms with Crippen molar-refractivity contribution in [2.24, 2.45) is 0 Å². The second kappa shape index (κ2) is 12.2. The van der Waals surface area contributed by atoms with Gasteiger partial charge in [-0.25, -0.2) is 4.79 Å². The number of nitrogens with one attached hydrogen (secondary N) is 2. The standard InChI is InChI=1S/C26H36N4O4/c1-6-19-11-10-12-20(17-19)22(23(31)29-21-13-8-7-9-14-21)30(16-15-27)24(32)18(2)28-25(33)34-26(3,4)5/h6,10-12,17-18,21-22H,1,7-9,13-14,16H2,2-5H3,(H,28,33)(H,29,31). The van der Waals surface area contributed by atoms with Gasteiger partial charge in [0.1, 0.15) is 24.2 Å². The number of ether oxygens (including phenoxy) is 1. The molecule has 184 valence electrons. The number of amides is 3. The van der Waals surface area contributed by atoms with E-state index in [0.717, 1.165) is 37.7 Å². The Morgan fingerprint density at radius 2 is 1.94 bits per heavy atom. The van der Waals surface area contributed by atoms with Gasteiger partial charge in [0.2, 0.25) is 11.8 Å². The second-order valence-electron chi connectivity index (χ2n) is 9.61. The minimum Gasteiger partial charge on any atom is -0.444 e. The molecule has 8 heteroatoms. The predicted octanol–water partition coefficient (Wildman–Crippen LogP) is 4.08. The molecule has 2 atom stereocenters. The Morgan fingerprint density at radius 1 is 1.26 bits per heavy atom. The van der Waals surface area contributed by atoms with E-state index >= 15 is 0 Å². The van der Waals surface area contributed by atoms with Crippen molar-refractivity contribution in [1.82, 2.24) is 15.5 Å². The Morgan fingerprint density at radius 3 is 2.53 bits per heavy atom. The van der Waals surface area contributed by atoms with Gasteiger partial charge in [-0.3, -0.25) is 9.59 Å². The zero-order valence-corrected chi connectivity index (χ0v) is 20.6. The molecule has 1 fully saturated rings. The lowest BCUT2D eigenvalue weighted by Gasteiger charge is -2.33. The van der Waals surface area contributed by atoms with E-state index < -0.39 is 29.7 Å². The highest BCUT2D eigenvalue weighted by Gasteiger charge is 2.35. The molecular weight excluding hydrogens is 432 g/mol. The van der Waals surface area contributed by atoms with Crippen molar-refractivity contribution >= 4 is 24.0 Å². The molecule has 0 saturated heterocycles. The third-order valence-corrected chi connectivity index (χ3v) is 5.60. The monoisotopic (exact) mass is 468 g/mol. The molecular formula is C26H36N4O4.